The van der Waals surface area contributed by atoms with Crippen LogP contribution in [0.3, 0.4) is 0 Å². The van der Waals surface area contributed by atoms with Crippen LogP contribution in [0.4, 0.5) is 5.69 Å². The van der Waals surface area contributed by atoms with Crippen LogP contribution in [0.5, 0.6) is 0 Å². The van der Waals surface area contributed by atoms with E-state index in [0.29, 0.717) is 4.88 Å². The monoisotopic (exact) mass is 282 g/mol. The number of nitro groups is 1. The molecule has 0 aliphatic rings. The second-order valence-electron chi connectivity index (χ2n) is 3.78. The molecule has 1 atom stereocenters. The fourth-order valence-electron chi connectivity index (χ4n) is 1.46. The van der Waals surface area contributed by atoms with E-state index >= 15 is 0 Å². The number of aromatic nitrogens is 2. The van der Waals surface area contributed by atoms with Gasteiger partial charge in [-0.25, -0.2) is 4.68 Å². The zero-order chi connectivity index (χ0) is 14.2. The summed E-state index contributed by atoms with van der Waals surface area (Å²) in [4.78, 5) is 21.8. The Balaban J connectivity index is 2.53. The SMILES string of the molecule is C[C@@H](O)c1cc([N+](=O)[O-])c(-n2ccc(C(N)=O)n2)s1. The molecule has 2 heterocycles. The molecule has 2 aromatic heterocycles. The van der Waals surface area contributed by atoms with E-state index < -0.39 is 16.9 Å². The molecular formula is C10H10N4O4S. The first-order valence-electron chi connectivity index (χ1n) is 5.22. The smallest absolute Gasteiger partial charge is 0.306 e. The van der Waals surface area contributed by atoms with Gasteiger partial charge in [-0.3, -0.25) is 14.9 Å². The van der Waals surface area contributed by atoms with Crippen molar-refractivity contribution in [3.8, 4) is 5.00 Å². The summed E-state index contributed by atoms with van der Waals surface area (Å²) in [6.45, 7) is 1.51. The summed E-state index contributed by atoms with van der Waals surface area (Å²) in [5.74, 6) is -0.714. The summed E-state index contributed by atoms with van der Waals surface area (Å²) < 4.78 is 1.20. The molecular weight excluding hydrogens is 272 g/mol. The van der Waals surface area contributed by atoms with E-state index in [2.05, 4.69) is 5.10 Å². The van der Waals surface area contributed by atoms with Gasteiger partial charge in [0.05, 0.1) is 11.0 Å². The number of hydrogen-bond donors (Lipinski definition) is 2. The van der Waals surface area contributed by atoms with Crippen LogP contribution < -0.4 is 5.73 Å². The topological polar surface area (TPSA) is 124 Å². The van der Waals surface area contributed by atoms with Crippen molar-refractivity contribution in [2.45, 2.75) is 13.0 Å². The maximum absolute atomic E-state index is 11.0. The van der Waals surface area contributed by atoms with Gasteiger partial charge < -0.3 is 10.8 Å². The minimum atomic E-state index is -0.816. The Labute approximate surface area is 111 Å². The normalized spacial score (nSPS) is 12.3. The lowest BCUT2D eigenvalue weighted by Gasteiger charge is -1.97. The summed E-state index contributed by atoms with van der Waals surface area (Å²) in [6.07, 6.45) is 0.591. The molecule has 0 unspecified atom stereocenters. The van der Waals surface area contributed by atoms with Gasteiger partial charge in [0.25, 0.3) is 5.91 Å². The first-order chi connectivity index (χ1) is 8.90. The average molecular weight is 282 g/mol. The minimum absolute atomic E-state index is 0.0151. The molecule has 19 heavy (non-hydrogen) atoms. The molecule has 0 aromatic carbocycles. The van der Waals surface area contributed by atoms with Crippen molar-refractivity contribution in [2.75, 3.05) is 0 Å². The third kappa shape index (κ3) is 2.46. The summed E-state index contributed by atoms with van der Waals surface area (Å²) in [5, 5.41) is 24.5. The largest absolute Gasteiger partial charge is 0.388 e. The number of thiophene rings is 1. The lowest BCUT2D eigenvalue weighted by molar-refractivity contribution is -0.384. The Kier molecular flexibility index (Phi) is 3.32. The van der Waals surface area contributed by atoms with E-state index in [1.807, 2.05) is 0 Å². The van der Waals surface area contributed by atoms with Gasteiger partial charge in [-0.2, -0.15) is 5.10 Å². The Morgan fingerprint density at radius 3 is 2.84 bits per heavy atom. The summed E-state index contributed by atoms with van der Waals surface area (Å²) in [6, 6.07) is 2.66. The molecule has 9 heteroatoms. The first-order valence-corrected chi connectivity index (χ1v) is 6.04. The third-order valence-electron chi connectivity index (χ3n) is 2.37. The second-order valence-corrected chi connectivity index (χ2v) is 4.84. The number of hydrogen-bond acceptors (Lipinski definition) is 6. The van der Waals surface area contributed by atoms with Crippen molar-refractivity contribution in [1.82, 2.24) is 9.78 Å². The summed E-state index contributed by atoms with van der Waals surface area (Å²) in [5.41, 5.74) is 4.91. The lowest BCUT2D eigenvalue weighted by Crippen LogP contribution is -2.12. The molecule has 3 N–H and O–H groups in total. The molecule has 0 spiro atoms. The molecule has 2 rings (SSSR count). The number of aliphatic hydroxyl groups excluding tert-OH is 1. The van der Waals surface area contributed by atoms with E-state index in [1.54, 1.807) is 0 Å². The van der Waals surface area contributed by atoms with Crippen LogP contribution in [0.1, 0.15) is 28.4 Å². The summed E-state index contributed by atoms with van der Waals surface area (Å²) in [7, 11) is 0. The van der Waals surface area contributed by atoms with Crippen molar-refractivity contribution < 1.29 is 14.8 Å². The Morgan fingerprint density at radius 1 is 1.68 bits per heavy atom. The highest BCUT2D eigenvalue weighted by molar-refractivity contribution is 7.15. The predicted octanol–water partition coefficient (Wildman–Crippen LogP) is 0.994. The number of nitrogens with two attached hydrogens (primary N) is 1. The summed E-state index contributed by atoms with van der Waals surface area (Å²) >= 11 is 1.03. The van der Waals surface area contributed by atoms with Gasteiger partial charge in [0, 0.05) is 17.1 Å². The first kappa shape index (κ1) is 13.2. The quantitative estimate of drug-likeness (QED) is 0.639. The van der Waals surface area contributed by atoms with Crippen molar-refractivity contribution >= 4 is 22.9 Å². The van der Waals surface area contributed by atoms with Crippen LogP contribution >= 0.6 is 11.3 Å². The molecule has 0 aliphatic carbocycles. The van der Waals surface area contributed by atoms with E-state index in [1.165, 1.54) is 29.9 Å². The average Bonchev–Trinajstić information content (AvgIpc) is 2.95. The lowest BCUT2D eigenvalue weighted by atomic mass is 10.3. The van der Waals surface area contributed by atoms with Crippen LogP contribution in [-0.4, -0.2) is 25.7 Å². The van der Waals surface area contributed by atoms with Gasteiger partial charge in [-0.1, -0.05) is 0 Å². The zero-order valence-electron chi connectivity index (χ0n) is 9.81. The van der Waals surface area contributed by atoms with E-state index in [-0.39, 0.29) is 16.4 Å². The van der Waals surface area contributed by atoms with Gasteiger partial charge in [-0.15, -0.1) is 11.3 Å². The van der Waals surface area contributed by atoms with E-state index in [4.69, 9.17) is 5.73 Å². The van der Waals surface area contributed by atoms with Gasteiger partial charge in [-0.05, 0) is 13.0 Å². The van der Waals surface area contributed by atoms with Gasteiger partial charge in [0.15, 0.2) is 5.00 Å². The fourth-order valence-corrected chi connectivity index (χ4v) is 2.46. The van der Waals surface area contributed by atoms with Crippen LogP contribution in [0.25, 0.3) is 5.00 Å². The molecule has 100 valence electrons. The molecule has 1 amide bonds. The van der Waals surface area contributed by atoms with Crippen LogP contribution in [0, 0.1) is 10.1 Å². The van der Waals surface area contributed by atoms with Crippen molar-refractivity contribution in [1.29, 1.82) is 0 Å². The Hall–Kier alpha value is -2.26. The molecule has 0 saturated carbocycles. The maximum Gasteiger partial charge on any atom is 0.306 e. The molecule has 0 aliphatic heterocycles. The van der Waals surface area contributed by atoms with Crippen molar-refractivity contribution in [2.24, 2.45) is 5.73 Å². The van der Waals surface area contributed by atoms with Crippen LogP contribution in [0.15, 0.2) is 18.3 Å². The van der Waals surface area contributed by atoms with Gasteiger partial charge in [0.1, 0.15) is 5.69 Å². The number of rotatable bonds is 4. The molecule has 0 radical (unpaired) electrons. The molecule has 2 aromatic rings. The number of nitrogens with zero attached hydrogens (tertiary/aromatic N) is 3. The highest BCUT2D eigenvalue weighted by atomic mass is 32.1. The van der Waals surface area contributed by atoms with Crippen LogP contribution in [0.2, 0.25) is 0 Å². The van der Waals surface area contributed by atoms with E-state index in [0.717, 1.165) is 11.3 Å². The highest BCUT2D eigenvalue weighted by Crippen LogP contribution is 2.35. The van der Waals surface area contributed by atoms with Crippen molar-refractivity contribution in [3.63, 3.8) is 0 Å². The molecule has 0 saturated heterocycles. The standard InChI is InChI=1S/C10H10N4O4S/c1-5(15)8-4-7(14(17)18)10(19-8)13-3-2-6(12-13)9(11)16/h2-5,15H,1H3,(H2,11,16)/t5-/m1/s1. The molecule has 0 bridgehead atoms. The van der Waals surface area contributed by atoms with Gasteiger partial charge >= 0.3 is 5.69 Å². The highest BCUT2D eigenvalue weighted by Gasteiger charge is 2.23. The number of carbonyl (C=O) groups excluding carboxylic acids is 1. The predicted molar refractivity (Wildman–Crippen MR) is 67.2 cm³/mol. The Morgan fingerprint density at radius 2 is 2.37 bits per heavy atom. The zero-order valence-corrected chi connectivity index (χ0v) is 10.6. The third-order valence-corrected chi connectivity index (χ3v) is 3.65. The minimum Gasteiger partial charge on any atom is -0.388 e. The molecule has 0 fully saturated rings. The maximum atomic E-state index is 11.0. The van der Waals surface area contributed by atoms with E-state index in [9.17, 15) is 20.0 Å². The molecule has 8 nitrogen and oxygen atoms in total. The van der Waals surface area contributed by atoms with Gasteiger partial charge in [0.2, 0.25) is 0 Å². The Bertz CT molecular complexity index is 646. The number of carbonyl (C=O) groups is 1. The van der Waals surface area contributed by atoms with Crippen LogP contribution in [-0.2, 0) is 0 Å². The fraction of sp³-hybridized carbons (Fsp3) is 0.200. The number of amides is 1. The number of aliphatic hydroxyl groups is 1. The number of primary amides is 1. The van der Waals surface area contributed by atoms with Crippen molar-refractivity contribution in [3.05, 3.63) is 39.0 Å². The second kappa shape index (κ2) is 4.78.